The van der Waals surface area contributed by atoms with Crippen LogP contribution < -0.4 is 0 Å². The quantitative estimate of drug-likeness (QED) is 0.343. The van der Waals surface area contributed by atoms with Crippen molar-refractivity contribution in [3.05, 3.63) is 11.8 Å². The molecular formula is C16H31N2O4P. The van der Waals surface area contributed by atoms with Crippen LogP contribution in [0.2, 0.25) is 0 Å². The van der Waals surface area contributed by atoms with Crippen LogP contribution in [0.15, 0.2) is 4.42 Å². The Morgan fingerprint density at radius 1 is 0.870 bits per heavy atom. The molecule has 1 heterocycles. The second-order valence-electron chi connectivity index (χ2n) is 5.57. The lowest BCUT2D eigenvalue weighted by molar-refractivity contribution is 0.216. The number of aromatic nitrogens is 2. The zero-order chi connectivity index (χ0) is 17.0. The highest BCUT2D eigenvalue weighted by molar-refractivity contribution is 7.52. The van der Waals surface area contributed by atoms with Crippen LogP contribution in [0.5, 0.6) is 0 Å². The molecule has 0 aliphatic rings. The molecule has 0 saturated carbocycles. The molecule has 0 N–H and O–H groups in total. The summed E-state index contributed by atoms with van der Waals surface area (Å²) >= 11 is 0. The van der Waals surface area contributed by atoms with E-state index in [1.54, 1.807) is 13.8 Å². The average molecular weight is 346 g/mol. The third kappa shape index (κ3) is 8.63. The normalized spacial score (nSPS) is 12.0. The molecule has 1 aromatic heterocycles. The first-order chi connectivity index (χ1) is 11.1. The number of nitrogens with zero attached hydrogens (tertiary/aromatic N) is 2. The fourth-order valence-electron chi connectivity index (χ4n) is 2.37. The number of unbranched alkanes of at least 4 members (excludes halogenated alkanes) is 6. The van der Waals surface area contributed by atoms with Crippen molar-refractivity contribution in [2.75, 3.05) is 13.2 Å². The van der Waals surface area contributed by atoms with Crippen LogP contribution in [0.4, 0.5) is 0 Å². The predicted molar refractivity (Wildman–Crippen MR) is 90.6 cm³/mol. The molecule has 0 bridgehead atoms. The van der Waals surface area contributed by atoms with Crippen LogP contribution in [0.1, 0.15) is 77.5 Å². The smallest absolute Gasteiger partial charge is 0.339 e. The van der Waals surface area contributed by atoms with Gasteiger partial charge in [0.15, 0.2) is 0 Å². The van der Waals surface area contributed by atoms with Crippen molar-refractivity contribution in [2.24, 2.45) is 0 Å². The van der Waals surface area contributed by atoms with Crippen molar-refractivity contribution in [1.82, 2.24) is 10.2 Å². The van der Waals surface area contributed by atoms with Gasteiger partial charge in [-0.2, -0.15) is 0 Å². The van der Waals surface area contributed by atoms with Gasteiger partial charge in [0.25, 0.3) is 0 Å². The van der Waals surface area contributed by atoms with E-state index in [-0.39, 0.29) is 6.16 Å². The van der Waals surface area contributed by atoms with Crippen LogP contribution in [-0.4, -0.2) is 23.4 Å². The molecule has 1 aromatic rings. The highest BCUT2D eigenvalue weighted by atomic mass is 31.2. The second kappa shape index (κ2) is 11.8. The summed E-state index contributed by atoms with van der Waals surface area (Å²) in [5.74, 6) is 0.932. The van der Waals surface area contributed by atoms with E-state index in [4.69, 9.17) is 13.5 Å². The van der Waals surface area contributed by atoms with Gasteiger partial charge in [-0.05, 0) is 20.3 Å². The van der Waals surface area contributed by atoms with Crippen molar-refractivity contribution in [3.8, 4) is 0 Å². The molecule has 0 saturated heterocycles. The predicted octanol–water partition coefficient (Wildman–Crippen LogP) is 5.13. The molecule has 0 atom stereocenters. The molecule has 23 heavy (non-hydrogen) atoms. The van der Waals surface area contributed by atoms with E-state index >= 15 is 0 Å². The lowest BCUT2D eigenvalue weighted by Gasteiger charge is -2.14. The Morgan fingerprint density at radius 2 is 1.43 bits per heavy atom. The second-order valence-corrected chi connectivity index (χ2v) is 7.62. The Balaban J connectivity index is 2.32. The van der Waals surface area contributed by atoms with Gasteiger partial charge in [0.1, 0.15) is 6.16 Å². The topological polar surface area (TPSA) is 74.5 Å². The SMILES string of the molecule is CCCCCCCCCc1nnc(CP(=O)(OCC)OCC)o1. The minimum Gasteiger partial charge on any atom is -0.425 e. The first kappa shape index (κ1) is 20.3. The summed E-state index contributed by atoms with van der Waals surface area (Å²) in [7, 11) is -3.17. The summed E-state index contributed by atoms with van der Waals surface area (Å²) in [5.41, 5.74) is 0. The number of aryl methyl sites for hydroxylation is 1. The maximum atomic E-state index is 12.4. The summed E-state index contributed by atoms with van der Waals surface area (Å²) < 4.78 is 28.4. The van der Waals surface area contributed by atoms with Gasteiger partial charge in [-0.3, -0.25) is 4.57 Å². The van der Waals surface area contributed by atoms with E-state index < -0.39 is 7.60 Å². The van der Waals surface area contributed by atoms with Crippen molar-refractivity contribution in [3.63, 3.8) is 0 Å². The molecule has 1 rings (SSSR count). The Morgan fingerprint density at radius 3 is 2.04 bits per heavy atom. The van der Waals surface area contributed by atoms with Gasteiger partial charge in [0, 0.05) is 6.42 Å². The van der Waals surface area contributed by atoms with E-state index in [0.717, 1.165) is 12.8 Å². The average Bonchev–Trinajstić information content (AvgIpc) is 2.93. The zero-order valence-electron chi connectivity index (χ0n) is 14.8. The Bertz CT molecular complexity index is 455. The standard InChI is InChI=1S/C16H31N2O4P/c1-4-7-8-9-10-11-12-13-15-17-18-16(22-15)14-23(19,20-5-2)21-6-3/h4-14H2,1-3H3. The van der Waals surface area contributed by atoms with Crippen molar-refractivity contribution in [2.45, 2.75) is 78.3 Å². The van der Waals surface area contributed by atoms with Crippen LogP contribution in [0, 0.1) is 0 Å². The van der Waals surface area contributed by atoms with Crippen molar-refractivity contribution >= 4 is 7.60 Å². The lowest BCUT2D eigenvalue weighted by atomic mass is 10.1. The third-order valence-electron chi connectivity index (χ3n) is 3.48. The Hall–Kier alpha value is -0.710. The number of hydrogen-bond donors (Lipinski definition) is 0. The minimum absolute atomic E-state index is 0.0404. The fourth-order valence-corrected chi connectivity index (χ4v) is 3.88. The molecule has 0 unspecified atom stereocenters. The van der Waals surface area contributed by atoms with E-state index in [2.05, 4.69) is 17.1 Å². The van der Waals surface area contributed by atoms with Crippen molar-refractivity contribution in [1.29, 1.82) is 0 Å². The summed E-state index contributed by atoms with van der Waals surface area (Å²) in [6.07, 6.45) is 9.52. The Labute approximate surface area is 139 Å². The van der Waals surface area contributed by atoms with Gasteiger partial charge in [-0.15, -0.1) is 10.2 Å². The van der Waals surface area contributed by atoms with E-state index in [0.29, 0.717) is 25.0 Å². The maximum absolute atomic E-state index is 12.4. The molecular weight excluding hydrogens is 315 g/mol. The highest BCUT2D eigenvalue weighted by Gasteiger charge is 2.27. The third-order valence-corrected chi connectivity index (χ3v) is 5.44. The molecule has 6 nitrogen and oxygen atoms in total. The van der Waals surface area contributed by atoms with E-state index in [1.807, 2.05) is 0 Å². The van der Waals surface area contributed by atoms with E-state index in [1.165, 1.54) is 38.5 Å². The van der Waals surface area contributed by atoms with Crippen LogP contribution in [0.25, 0.3) is 0 Å². The molecule has 7 heteroatoms. The van der Waals surface area contributed by atoms with Gasteiger partial charge in [0.05, 0.1) is 13.2 Å². The summed E-state index contributed by atoms with van der Waals surface area (Å²) in [5, 5.41) is 7.98. The largest absolute Gasteiger partial charge is 0.425 e. The number of hydrogen-bond acceptors (Lipinski definition) is 6. The minimum atomic E-state index is -3.17. The molecule has 0 aromatic carbocycles. The van der Waals surface area contributed by atoms with Crippen molar-refractivity contribution < 1.29 is 18.0 Å². The van der Waals surface area contributed by atoms with E-state index in [9.17, 15) is 4.57 Å². The van der Waals surface area contributed by atoms with Gasteiger partial charge in [0.2, 0.25) is 11.8 Å². The lowest BCUT2D eigenvalue weighted by Crippen LogP contribution is -1.99. The van der Waals surface area contributed by atoms with Crippen LogP contribution in [0.3, 0.4) is 0 Å². The fraction of sp³-hybridized carbons (Fsp3) is 0.875. The van der Waals surface area contributed by atoms with Gasteiger partial charge < -0.3 is 13.5 Å². The first-order valence-electron chi connectivity index (χ1n) is 8.83. The first-order valence-corrected chi connectivity index (χ1v) is 10.6. The molecule has 0 aliphatic heterocycles. The monoisotopic (exact) mass is 346 g/mol. The maximum Gasteiger partial charge on any atom is 0.339 e. The molecule has 0 radical (unpaired) electrons. The zero-order valence-corrected chi connectivity index (χ0v) is 15.6. The molecule has 0 aliphatic carbocycles. The molecule has 0 fully saturated rings. The molecule has 0 spiro atoms. The highest BCUT2D eigenvalue weighted by Crippen LogP contribution is 2.50. The number of rotatable bonds is 14. The van der Waals surface area contributed by atoms with Gasteiger partial charge >= 0.3 is 7.60 Å². The summed E-state index contributed by atoms with van der Waals surface area (Å²) in [6, 6.07) is 0. The summed E-state index contributed by atoms with van der Waals surface area (Å²) in [4.78, 5) is 0. The summed E-state index contributed by atoms with van der Waals surface area (Å²) in [6.45, 7) is 6.45. The Kier molecular flexibility index (Phi) is 10.4. The van der Waals surface area contributed by atoms with Gasteiger partial charge in [-0.25, -0.2) is 0 Å². The van der Waals surface area contributed by atoms with Crippen LogP contribution in [-0.2, 0) is 26.2 Å². The molecule has 0 amide bonds. The molecule has 134 valence electrons. The van der Waals surface area contributed by atoms with Gasteiger partial charge in [-0.1, -0.05) is 45.4 Å². The van der Waals surface area contributed by atoms with Crippen LogP contribution >= 0.6 is 7.60 Å².